The van der Waals surface area contributed by atoms with E-state index >= 15 is 0 Å². The fourth-order valence-electron chi connectivity index (χ4n) is 6.28. The lowest BCUT2D eigenvalue weighted by atomic mass is 9.86. The first kappa shape index (κ1) is 36.6. The van der Waals surface area contributed by atoms with Gasteiger partial charge in [0.1, 0.15) is 11.7 Å². The minimum absolute atomic E-state index is 0.00369. The molecule has 3 saturated heterocycles. The van der Waals surface area contributed by atoms with E-state index in [0.717, 1.165) is 4.90 Å². The molecule has 8 atom stereocenters. The van der Waals surface area contributed by atoms with Gasteiger partial charge in [-0.05, 0) is 26.2 Å². The van der Waals surface area contributed by atoms with Crippen LogP contribution in [0.2, 0.25) is 0 Å². The molecule has 47 heavy (non-hydrogen) atoms. The number of fused-ring (bicyclic) bond motifs is 2. The molecular formula is C26H41N7O12S2. The number of amides is 5. The molecule has 3 fully saturated rings. The molecule has 0 radical (unpaired) electrons. The Kier molecular flexibility index (Phi) is 11.6. The smallest absolute Gasteiger partial charge is 0.418 e. The van der Waals surface area contributed by atoms with Crippen LogP contribution in [-0.2, 0) is 38.7 Å². The minimum atomic E-state index is -4.93. The molecule has 0 aliphatic carbocycles. The highest BCUT2D eigenvalue weighted by molar-refractivity contribution is 8.03. The molecule has 19 nitrogen and oxygen atoms in total. The number of thioether (sulfide) groups is 1. The lowest BCUT2D eigenvalue weighted by molar-refractivity contribution is -0.139. The van der Waals surface area contributed by atoms with Gasteiger partial charge in [0, 0.05) is 55.8 Å². The van der Waals surface area contributed by atoms with Gasteiger partial charge in [0.25, 0.3) is 5.91 Å². The van der Waals surface area contributed by atoms with Crippen molar-refractivity contribution in [2.75, 3.05) is 40.3 Å². The predicted molar refractivity (Wildman–Crippen MR) is 163 cm³/mol. The highest BCUT2D eigenvalue weighted by Gasteiger charge is 2.49. The van der Waals surface area contributed by atoms with Gasteiger partial charge in [0.2, 0.25) is 11.8 Å². The van der Waals surface area contributed by atoms with Crippen molar-refractivity contribution in [1.29, 1.82) is 0 Å². The number of aliphatic hydroxyl groups is 1. The topological polar surface area (TPSA) is 256 Å². The van der Waals surface area contributed by atoms with Gasteiger partial charge in [0.05, 0.1) is 30.7 Å². The second kappa shape index (κ2) is 14.9. The van der Waals surface area contributed by atoms with E-state index < -0.39 is 70.3 Å². The second-order valence-corrected chi connectivity index (χ2v) is 14.4. The maximum Gasteiger partial charge on any atom is 0.418 e. The predicted octanol–water partition coefficient (Wildman–Crippen LogP) is -2.39. The van der Waals surface area contributed by atoms with Gasteiger partial charge in [-0.1, -0.05) is 6.92 Å². The molecule has 0 aromatic heterocycles. The molecule has 4 aliphatic rings. The number of likely N-dealkylation sites (N-methyl/N-ethyl adjacent to an activating group) is 1. The normalized spacial score (nSPS) is 28.6. The zero-order valence-corrected chi connectivity index (χ0v) is 27.9. The average Bonchev–Trinajstić information content (AvgIpc) is 3.64. The van der Waals surface area contributed by atoms with Gasteiger partial charge in [-0.25, -0.2) is 15.1 Å². The zero-order chi connectivity index (χ0) is 34.8. The number of carbonyl (C=O) groups is 5. The summed E-state index contributed by atoms with van der Waals surface area (Å²) in [6.07, 6.45) is -0.256. The summed E-state index contributed by atoms with van der Waals surface area (Å²) in [6, 6.07) is -3.68. The first-order valence-corrected chi connectivity index (χ1v) is 17.2. The third-order valence-electron chi connectivity index (χ3n) is 8.53. The lowest BCUT2D eigenvalue weighted by Crippen LogP contribution is -2.51. The van der Waals surface area contributed by atoms with Gasteiger partial charge >= 0.3 is 22.4 Å². The third-order valence-corrected chi connectivity index (χ3v) is 10.4. The van der Waals surface area contributed by atoms with Gasteiger partial charge in [0.15, 0.2) is 0 Å². The molecule has 0 aromatic rings. The number of aliphatic hydroxyl groups excluding tert-OH is 1. The molecule has 2 bridgehead atoms. The SMILES string of the molecule is C[C@H]1C(S[C@@H]2CN[C@H](C(=O)N(C)C)C2)=C(C(=O)O)NC1[C@H](C(=O)NCCONC(=O)[C@@H]1CC[C@@H]2CN1C(=O)N2OS(=O)(=O)O)[C@@H](C)O. The van der Waals surface area contributed by atoms with Crippen LogP contribution in [-0.4, -0.2) is 144 Å². The number of aliphatic carboxylic acids is 1. The maximum atomic E-state index is 13.2. The number of carboxylic acids is 1. The fourth-order valence-corrected chi connectivity index (χ4v) is 8.12. The molecule has 0 saturated carbocycles. The molecule has 4 heterocycles. The van der Waals surface area contributed by atoms with Crippen LogP contribution in [0.15, 0.2) is 10.6 Å². The number of carbonyl (C=O) groups excluding carboxylic acids is 4. The summed E-state index contributed by atoms with van der Waals surface area (Å²) in [5.74, 6) is -4.05. The molecule has 1 unspecified atom stereocenters. The van der Waals surface area contributed by atoms with E-state index in [4.69, 9.17) is 9.39 Å². The molecule has 0 aromatic carbocycles. The van der Waals surface area contributed by atoms with Crippen molar-refractivity contribution in [3.63, 3.8) is 0 Å². The van der Waals surface area contributed by atoms with Crippen molar-refractivity contribution in [2.24, 2.45) is 11.8 Å². The highest BCUT2D eigenvalue weighted by Crippen LogP contribution is 2.42. The molecule has 5 amide bonds. The number of nitrogens with one attached hydrogen (secondary N) is 4. The summed E-state index contributed by atoms with van der Waals surface area (Å²) in [6.45, 7) is 3.41. The number of carboxylic acid groups (broad SMARTS) is 1. The van der Waals surface area contributed by atoms with E-state index in [1.807, 2.05) is 0 Å². The van der Waals surface area contributed by atoms with E-state index in [-0.39, 0.29) is 55.4 Å². The summed E-state index contributed by atoms with van der Waals surface area (Å²) < 4.78 is 35.4. The Balaban J connectivity index is 1.27. The summed E-state index contributed by atoms with van der Waals surface area (Å²) >= 11 is 1.34. The van der Waals surface area contributed by atoms with Crippen LogP contribution < -0.4 is 21.4 Å². The first-order chi connectivity index (χ1) is 22.0. The minimum Gasteiger partial charge on any atom is -0.477 e. The van der Waals surface area contributed by atoms with Crippen LogP contribution in [0.3, 0.4) is 0 Å². The average molecular weight is 708 g/mol. The van der Waals surface area contributed by atoms with E-state index in [0.29, 0.717) is 22.9 Å². The number of piperidine rings is 1. The van der Waals surface area contributed by atoms with E-state index in [1.54, 1.807) is 21.0 Å². The summed E-state index contributed by atoms with van der Waals surface area (Å²) in [5, 5.41) is 29.7. The Labute approximate surface area is 275 Å². The van der Waals surface area contributed by atoms with Crippen LogP contribution in [0, 0.1) is 11.8 Å². The Morgan fingerprint density at radius 1 is 1.21 bits per heavy atom. The van der Waals surface area contributed by atoms with Crippen molar-refractivity contribution < 1.29 is 56.3 Å². The Morgan fingerprint density at radius 2 is 1.91 bits per heavy atom. The number of hydroxylamine groups is 3. The molecule has 264 valence electrons. The molecular weight excluding hydrogens is 666 g/mol. The van der Waals surface area contributed by atoms with Crippen molar-refractivity contribution in [3.05, 3.63) is 10.6 Å². The quantitative estimate of drug-likeness (QED) is 0.0565. The van der Waals surface area contributed by atoms with Crippen molar-refractivity contribution in [3.8, 4) is 0 Å². The first-order valence-electron chi connectivity index (χ1n) is 15.0. The molecule has 4 aliphatic heterocycles. The lowest BCUT2D eigenvalue weighted by Gasteiger charge is -2.30. The Bertz CT molecular complexity index is 1390. The van der Waals surface area contributed by atoms with Gasteiger partial charge in [-0.2, -0.15) is 13.5 Å². The second-order valence-electron chi connectivity index (χ2n) is 12.1. The van der Waals surface area contributed by atoms with Crippen LogP contribution in [0.1, 0.15) is 33.1 Å². The van der Waals surface area contributed by atoms with Crippen LogP contribution >= 0.6 is 11.8 Å². The van der Waals surface area contributed by atoms with Crippen molar-refractivity contribution in [1.82, 2.24) is 36.3 Å². The summed E-state index contributed by atoms with van der Waals surface area (Å²) in [4.78, 5) is 71.2. The number of hydrogen-bond acceptors (Lipinski definition) is 13. The largest absolute Gasteiger partial charge is 0.477 e. The Morgan fingerprint density at radius 3 is 2.53 bits per heavy atom. The van der Waals surface area contributed by atoms with Crippen LogP contribution in [0.25, 0.3) is 0 Å². The molecule has 21 heteroatoms. The fraction of sp³-hybridized carbons (Fsp3) is 0.731. The van der Waals surface area contributed by atoms with Crippen molar-refractivity contribution in [2.45, 2.75) is 68.6 Å². The highest BCUT2D eigenvalue weighted by atomic mass is 32.3. The van der Waals surface area contributed by atoms with E-state index in [2.05, 4.69) is 25.7 Å². The molecule has 4 rings (SSSR count). The van der Waals surface area contributed by atoms with Crippen molar-refractivity contribution >= 4 is 51.9 Å². The maximum absolute atomic E-state index is 13.2. The number of nitrogens with zero attached hydrogens (tertiary/aromatic N) is 3. The zero-order valence-electron chi connectivity index (χ0n) is 26.2. The van der Waals surface area contributed by atoms with Crippen LogP contribution in [0.5, 0.6) is 0 Å². The van der Waals surface area contributed by atoms with E-state index in [9.17, 15) is 42.6 Å². The van der Waals surface area contributed by atoms with E-state index in [1.165, 1.54) is 23.6 Å². The number of urea groups is 1. The molecule has 7 N–H and O–H groups in total. The summed E-state index contributed by atoms with van der Waals surface area (Å²) in [7, 11) is -1.60. The number of hydrogen-bond donors (Lipinski definition) is 7. The monoisotopic (exact) mass is 707 g/mol. The van der Waals surface area contributed by atoms with Crippen LogP contribution in [0.4, 0.5) is 4.79 Å². The van der Waals surface area contributed by atoms with Gasteiger partial charge in [-0.15, -0.1) is 16.0 Å². The number of rotatable bonds is 14. The standard InChI is InChI=1S/C26H41N7O12S2/c1-12-19(29-20(25(38)39)21(12)46-15-9-16(28-10-15)24(37)31(3)4)18(13(2)34)23(36)27-7-8-44-30-22(35)17-6-5-14-11-32(17)26(40)33(14)45-47(41,42)43/h12-19,28-29,34H,5-11H2,1-4H3,(H,27,36)(H,30,35)(H,38,39)(H,41,42,43)/t12-,13-,14-,15+,16+,17+,18-,19?/m1/s1. The third kappa shape index (κ3) is 8.45. The molecule has 0 spiro atoms. The van der Waals surface area contributed by atoms with Gasteiger partial charge < -0.3 is 36.0 Å². The summed E-state index contributed by atoms with van der Waals surface area (Å²) in [5.41, 5.74) is 2.15. The van der Waals surface area contributed by atoms with Gasteiger partial charge in [-0.3, -0.25) is 23.8 Å². The Hall–Kier alpha value is -3.21.